The van der Waals surface area contributed by atoms with E-state index >= 15 is 0 Å². The third-order valence-corrected chi connectivity index (χ3v) is 3.25. The molecule has 16 heavy (non-hydrogen) atoms. The summed E-state index contributed by atoms with van der Waals surface area (Å²) < 4.78 is 0. The van der Waals surface area contributed by atoms with Crippen molar-refractivity contribution in [2.45, 2.75) is 59.5 Å². The van der Waals surface area contributed by atoms with Crippen molar-refractivity contribution in [2.75, 3.05) is 0 Å². The maximum atomic E-state index is 9.82. The first-order chi connectivity index (χ1) is 7.34. The standard InChI is InChI=1S/C15H24O/c1-9(2)13-7-14(10(3)4)11(5)15(8-13)12(6)16/h7-10,12,16H,1-6H3. The topological polar surface area (TPSA) is 20.2 Å². The molecule has 1 aromatic carbocycles. The van der Waals surface area contributed by atoms with Crippen molar-refractivity contribution in [3.8, 4) is 0 Å². The third-order valence-electron chi connectivity index (χ3n) is 3.25. The van der Waals surface area contributed by atoms with E-state index in [2.05, 4.69) is 46.8 Å². The lowest BCUT2D eigenvalue weighted by Crippen LogP contribution is -2.04. The van der Waals surface area contributed by atoms with Crippen molar-refractivity contribution in [1.29, 1.82) is 0 Å². The predicted molar refractivity (Wildman–Crippen MR) is 70.0 cm³/mol. The summed E-state index contributed by atoms with van der Waals surface area (Å²) in [5.74, 6) is 1.02. The van der Waals surface area contributed by atoms with Gasteiger partial charge in [0.25, 0.3) is 0 Å². The summed E-state index contributed by atoms with van der Waals surface area (Å²) in [7, 11) is 0. The van der Waals surface area contributed by atoms with E-state index in [4.69, 9.17) is 0 Å². The van der Waals surface area contributed by atoms with Gasteiger partial charge in [-0.15, -0.1) is 0 Å². The summed E-state index contributed by atoms with van der Waals surface area (Å²) in [5, 5.41) is 9.82. The van der Waals surface area contributed by atoms with Crippen molar-refractivity contribution >= 4 is 0 Å². The molecular weight excluding hydrogens is 196 g/mol. The van der Waals surface area contributed by atoms with Crippen LogP contribution in [-0.2, 0) is 0 Å². The van der Waals surface area contributed by atoms with Crippen LogP contribution in [0.4, 0.5) is 0 Å². The van der Waals surface area contributed by atoms with Gasteiger partial charge >= 0.3 is 0 Å². The van der Waals surface area contributed by atoms with Crippen molar-refractivity contribution in [3.05, 3.63) is 34.4 Å². The van der Waals surface area contributed by atoms with Crippen LogP contribution in [0.3, 0.4) is 0 Å². The van der Waals surface area contributed by atoms with E-state index in [1.165, 1.54) is 16.7 Å². The molecule has 0 radical (unpaired) electrons. The molecule has 0 saturated heterocycles. The molecule has 1 N–H and O–H groups in total. The fourth-order valence-corrected chi connectivity index (χ4v) is 2.15. The van der Waals surface area contributed by atoms with Gasteiger partial charge in [0.2, 0.25) is 0 Å². The quantitative estimate of drug-likeness (QED) is 0.805. The Morgan fingerprint density at radius 3 is 1.75 bits per heavy atom. The molecule has 0 fully saturated rings. The maximum Gasteiger partial charge on any atom is 0.0764 e. The highest BCUT2D eigenvalue weighted by Crippen LogP contribution is 2.30. The summed E-state index contributed by atoms with van der Waals surface area (Å²) in [6.45, 7) is 12.8. The Morgan fingerprint density at radius 2 is 1.38 bits per heavy atom. The highest BCUT2D eigenvalue weighted by molar-refractivity contribution is 5.42. The van der Waals surface area contributed by atoms with Gasteiger partial charge in [0, 0.05) is 0 Å². The van der Waals surface area contributed by atoms with Gasteiger partial charge in [-0.25, -0.2) is 0 Å². The molecule has 0 bridgehead atoms. The molecular formula is C15H24O. The van der Waals surface area contributed by atoms with Gasteiger partial charge in [-0.05, 0) is 47.9 Å². The van der Waals surface area contributed by atoms with Crippen LogP contribution in [0.5, 0.6) is 0 Å². The van der Waals surface area contributed by atoms with Gasteiger partial charge < -0.3 is 5.11 Å². The lowest BCUT2D eigenvalue weighted by molar-refractivity contribution is 0.198. The Bertz CT molecular complexity index is 333. The van der Waals surface area contributed by atoms with Gasteiger partial charge in [-0.3, -0.25) is 0 Å². The molecule has 0 aromatic heterocycles. The lowest BCUT2D eigenvalue weighted by Gasteiger charge is -2.20. The zero-order valence-electron chi connectivity index (χ0n) is 11.3. The average molecular weight is 220 g/mol. The second-order valence-corrected chi connectivity index (χ2v) is 5.31. The molecule has 0 aliphatic carbocycles. The van der Waals surface area contributed by atoms with E-state index in [9.17, 15) is 5.11 Å². The Balaban J connectivity index is 3.39. The minimum absolute atomic E-state index is 0.379. The second kappa shape index (κ2) is 5.01. The zero-order valence-corrected chi connectivity index (χ0v) is 11.3. The zero-order chi connectivity index (χ0) is 12.5. The Labute approximate surface area is 99.5 Å². The molecule has 0 saturated carbocycles. The van der Waals surface area contributed by atoms with E-state index in [0.29, 0.717) is 11.8 Å². The number of aliphatic hydroxyl groups excluding tert-OH is 1. The molecule has 0 heterocycles. The number of hydrogen-bond donors (Lipinski definition) is 1. The van der Waals surface area contributed by atoms with E-state index in [1.54, 1.807) is 0 Å². The van der Waals surface area contributed by atoms with E-state index in [0.717, 1.165) is 5.56 Å². The molecule has 0 amide bonds. The van der Waals surface area contributed by atoms with Crippen LogP contribution in [0.1, 0.15) is 74.8 Å². The number of hydrogen-bond acceptors (Lipinski definition) is 1. The highest BCUT2D eigenvalue weighted by atomic mass is 16.3. The Morgan fingerprint density at radius 1 is 0.875 bits per heavy atom. The van der Waals surface area contributed by atoms with Crippen LogP contribution in [0, 0.1) is 6.92 Å². The van der Waals surface area contributed by atoms with Gasteiger partial charge in [-0.1, -0.05) is 39.8 Å². The Hall–Kier alpha value is -0.820. The Kier molecular flexibility index (Phi) is 4.15. The smallest absolute Gasteiger partial charge is 0.0764 e. The monoisotopic (exact) mass is 220 g/mol. The third kappa shape index (κ3) is 2.65. The van der Waals surface area contributed by atoms with Crippen molar-refractivity contribution in [3.63, 3.8) is 0 Å². The molecule has 1 atom stereocenters. The van der Waals surface area contributed by atoms with Gasteiger partial charge in [-0.2, -0.15) is 0 Å². The van der Waals surface area contributed by atoms with Crippen molar-refractivity contribution < 1.29 is 5.11 Å². The van der Waals surface area contributed by atoms with E-state index in [1.807, 2.05) is 6.92 Å². The highest BCUT2D eigenvalue weighted by Gasteiger charge is 2.14. The maximum absolute atomic E-state index is 9.82. The molecule has 0 aliphatic rings. The summed E-state index contributed by atoms with van der Waals surface area (Å²) >= 11 is 0. The van der Waals surface area contributed by atoms with Crippen LogP contribution < -0.4 is 0 Å². The first kappa shape index (κ1) is 13.2. The second-order valence-electron chi connectivity index (χ2n) is 5.31. The molecule has 90 valence electrons. The fourth-order valence-electron chi connectivity index (χ4n) is 2.15. The molecule has 1 heteroatoms. The van der Waals surface area contributed by atoms with Crippen molar-refractivity contribution in [2.24, 2.45) is 0 Å². The van der Waals surface area contributed by atoms with Crippen LogP contribution in [0.15, 0.2) is 12.1 Å². The largest absolute Gasteiger partial charge is 0.389 e. The van der Waals surface area contributed by atoms with Crippen LogP contribution >= 0.6 is 0 Å². The first-order valence-electron chi connectivity index (χ1n) is 6.17. The predicted octanol–water partition coefficient (Wildman–Crippen LogP) is 4.30. The van der Waals surface area contributed by atoms with E-state index in [-0.39, 0.29) is 6.10 Å². The summed E-state index contributed by atoms with van der Waals surface area (Å²) in [6, 6.07) is 4.44. The number of benzene rings is 1. The molecule has 1 nitrogen and oxygen atoms in total. The van der Waals surface area contributed by atoms with Crippen LogP contribution in [-0.4, -0.2) is 5.11 Å². The molecule has 1 rings (SSSR count). The molecule has 0 aliphatic heterocycles. The average Bonchev–Trinajstić information content (AvgIpc) is 2.16. The van der Waals surface area contributed by atoms with Gasteiger partial charge in [0.15, 0.2) is 0 Å². The first-order valence-corrected chi connectivity index (χ1v) is 6.17. The SMILES string of the molecule is Cc1c(C(C)C)cc(C(C)C)cc1C(C)O. The minimum Gasteiger partial charge on any atom is -0.389 e. The van der Waals surface area contributed by atoms with E-state index < -0.39 is 0 Å². The fraction of sp³-hybridized carbons (Fsp3) is 0.600. The molecule has 1 unspecified atom stereocenters. The van der Waals surface area contributed by atoms with Gasteiger partial charge in [0.1, 0.15) is 0 Å². The van der Waals surface area contributed by atoms with Gasteiger partial charge in [0.05, 0.1) is 6.10 Å². The minimum atomic E-state index is -0.379. The summed E-state index contributed by atoms with van der Waals surface area (Å²) in [6.07, 6.45) is -0.379. The molecule has 0 spiro atoms. The van der Waals surface area contributed by atoms with Crippen LogP contribution in [0.2, 0.25) is 0 Å². The number of rotatable bonds is 3. The number of aliphatic hydroxyl groups is 1. The molecule has 1 aromatic rings. The summed E-state index contributed by atoms with van der Waals surface area (Å²) in [4.78, 5) is 0. The summed E-state index contributed by atoms with van der Waals surface area (Å²) in [5.41, 5.74) is 5.01. The van der Waals surface area contributed by atoms with Crippen LogP contribution in [0.25, 0.3) is 0 Å². The normalized spacial score (nSPS) is 13.6. The van der Waals surface area contributed by atoms with Crippen molar-refractivity contribution in [1.82, 2.24) is 0 Å². The lowest BCUT2D eigenvalue weighted by atomic mass is 9.87.